The minimum atomic E-state index is -0.525. The summed E-state index contributed by atoms with van der Waals surface area (Å²) in [6, 6.07) is 12.0. The second-order valence-corrected chi connectivity index (χ2v) is 5.18. The Labute approximate surface area is 143 Å². The van der Waals surface area contributed by atoms with Crippen molar-refractivity contribution in [2.24, 2.45) is 5.73 Å². The van der Waals surface area contributed by atoms with Crippen molar-refractivity contribution >= 4 is 40.9 Å². The van der Waals surface area contributed by atoms with Crippen molar-refractivity contribution in [3.63, 3.8) is 0 Å². The summed E-state index contributed by atoms with van der Waals surface area (Å²) in [5.41, 5.74) is 6.81. The van der Waals surface area contributed by atoms with Crippen LogP contribution in [-0.2, 0) is 4.79 Å². The number of thiocarbonyl (C=S) groups is 1. The SMILES string of the molecule is NC(=O)c1ccc(NC(=S)NC(=O)C=Cc2ccc(F)cc2)cc1. The molecule has 0 spiro atoms. The molecule has 0 saturated carbocycles. The number of carbonyl (C=O) groups excluding carboxylic acids is 2. The van der Waals surface area contributed by atoms with Gasteiger partial charge < -0.3 is 11.1 Å². The highest BCUT2D eigenvalue weighted by Gasteiger charge is 2.03. The summed E-state index contributed by atoms with van der Waals surface area (Å²) in [5.74, 6) is -1.29. The molecule has 0 unspecified atom stereocenters. The number of primary amides is 1. The lowest BCUT2D eigenvalue weighted by molar-refractivity contribution is -0.115. The molecule has 2 rings (SSSR count). The summed E-state index contributed by atoms with van der Waals surface area (Å²) in [6.45, 7) is 0. The second kappa shape index (κ2) is 7.98. The summed E-state index contributed by atoms with van der Waals surface area (Å²) in [6.07, 6.45) is 2.83. The van der Waals surface area contributed by atoms with Crippen molar-refractivity contribution < 1.29 is 14.0 Å². The van der Waals surface area contributed by atoms with Crippen LogP contribution in [0.4, 0.5) is 10.1 Å². The van der Waals surface area contributed by atoms with E-state index in [1.54, 1.807) is 42.5 Å². The van der Waals surface area contributed by atoms with Crippen LogP contribution >= 0.6 is 12.2 Å². The number of benzene rings is 2. The summed E-state index contributed by atoms with van der Waals surface area (Å²) < 4.78 is 12.8. The number of carbonyl (C=O) groups is 2. The Morgan fingerprint density at radius 3 is 2.25 bits per heavy atom. The van der Waals surface area contributed by atoms with Gasteiger partial charge in [0.2, 0.25) is 11.8 Å². The van der Waals surface area contributed by atoms with Crippen LogP contribution in [0.3, 0.4) is 0 Å². The van der Waals surface area contributed by atoms with Gasteiger partial charge in [0.05, 0.1) is 0 Å². The van der Waals surface area contributed by atoms with Crippen molar-refractivity contribution in [3.05, 3.63) is 71.6 Å². The maximum Gasteiger partial charge on any atom is 0.250 e. The number of hydrogen-bond acceptors (Lipinski definition) is 3. The molecule has 2 aromatic carbocycles. The molecule has 0 bridgehead atoms. The van der Waals surface area contributed by atoms with E-state index >= 15 is 0 Å². The van der Waals surface area contributed by atoms with Gasteiger partial charge in [-0.05, 0) is 60.3 Å². The minimum Gasteiger partial charge on any atom is -0.366 e. The topological polar surface area (TPSA) is 84.2 Å². The van der Waals surface area contributed by atoms with E-state index in [1.165, 1.54) is 18.2 Å². The molecule has 0 aliphatic rings. The number of amides is 2. The lowest BCUT2D eigenvalue weighted by Crippen LogP contribution is -2.32. The van der Waals surface area contributed by atoms with Crippen molar-refractivity contribution in [1.82, 2.24) is 5.32 Å². The largest absolute Gasteiger partial charge is 0.366 e. The Kier molecular flexibility index (Phi) is 5.75. The molecule has 122 valence electrons. The predicted octanol–water partition coefficient (Wildman–Crippen LogP) is 2.45. The maximum atomic E-state index is 12.8. The Bertz CT molecular complexity index is 786. The van der Waals surface area contributed by atoms with Crippen molar-refractivity contribution in [2.45, 2.75) is 0 Å². The fourth-order valence-electron chi connectivity index (χ4n) is 1.78. The van der Waals surface area contributed by atoms with E-state index in [0.717, 1.165) is 0 Å². The zero-order chi connectivity index (χ0) is 17.5. The van der Waals surface area contributed by atoms with E-state index in [1.807, 2.05) is 0 Å². The van der Waals surface area contributed by atoms with Gasteiger partial charge in [0.15, 0.2) is 5.11 Å². The third kappa shape index (κ3) is 5.29. The van der Waals surface area contributed by atoms with Crippen LogP contribution in [0.25, 0.3) is 6.08 Å². The summed E-state index contributed by atoms with van der Waals surface area (Å²) in [5, 5.41) is 5.39. The summed E-state index contributed by atoms with van der Waals surface area (Å²) in [7, 11) is 0. The van der Waals surface area contributed by atoms with Gasteiger partial charge in [-0.2, -0.15) is 0 Å². The number of halogens is 1. The van der Waals surface area contributed by atoms with Crippen molar-refractivity contribution in [3.8, 4) is 0 Å². The van der Waals surface area contributed by atoms with E-state index in [9.17, 15) is 14.0 Å². The number of nitrogens with one attached hydrogen (secondary N) is 2. The van der Waals surface area contributed by atoms with E-state index in [0.29, 0.717) is 16.8 Å². The van der Waals surface area contributed by atoms with Crippen LogP contribution in [0.1, 0.15) is 15.9 Å². The monoisotopic (exact) mass is 343 g/mol. The number of rotatable bonds is 4. The third-order valence-electron chi connectivity index (χ3n) is 2.96. The number of hydrogen-bond donors (Lipinski definition) is 3. The molecule has 4 N–H and O–H groups in total. The molecule has 0 fully saturated rings. The average Bonchev–Trinajstić information content (AvgIpc) is 2.54. The van der Waals surface area contributed by atoms with E-state index < -0.39 is 11.8 Å². The van der Waals surface area contributed by atoms with Crippen LogP contribution in [0.5, 0.6) is 0 Å². The lowest BCUT2D eigenvalue weighted by Gasteiger charge is -2.08. The Morgan fingerprint density at radius 1 is 1.04 bits per heavy atom. The average molecular weight is 343 g/mol. The fourth-order valence-corrected chi connectivity index (χ4v) is 2.00. The Balaban J connectivity index is 1.88. The van der Waals surface area contributed by atoms with Crippen LogP contribution in [0.15, 0.2) is 54.6 Å². The van der Waals surface area contributed by atoms with Gasteiger partial charge in [0, 0.05) is 17.3 Å². The molecule has 0 heterocycles. The molecule has 0 atom stereocenters. The number of nitrogens with two attached hydrogens (primary N) is 1. The minimum absolute atomic E-state index is 0.107. The summed E-state index contributed by atoms with van der Waals surface area (Å²) in [4.78, 5) is 22.7. The van der Waals surface area contributed by atoms with Gasteiger partial charge in [0.25, 0.3) is 0 Å². The van der Waals surface area contributed by atoms with Gasteiger partial charge in [-0.3, -0.25) is 14.9 Å². The first-order valence-corrected chi connectivity index (χ1v) is 7.30. The molecule has 5 nitrogen and oxygen atoms in total. The van der Waals surface area contributed by atoms with Gasteiger partial charge in [-0.15, -0.1) is 0 Å². The van der Waals surface area contributed by atoms with Gasteiger partial charge >= 0.3 is 0 Å². The lowest BCUT2D eigenvalue weighted by atomic mass is 10.2. The molecule has 24 heavy (non-hydrogen) atoms. The zero-order valence-electron chi connectivity index (χ0n) is 12.5. The first kappa shape index (κ1) is 17.3. The first-order valence-electron chi connectivity index (χ1n) is 6.89. The van der Waals surface area contributed by atoms with E-state index in [4.69, 9.17) is 18.0 Å². The Hall–Kier alpha value is -3.06. The van der Waals surface area contributed by atoms with Crippen molar-refractivity contribution in [2.75, 3.05) is 5.32 Å². The highest BCUT2D eigenvalue weighted by molar-refractivity contribution is 7.80. The molecular weight excluding hydrogens is 329 g/mol. The Morgan fingerprint density at radius 2 is 1.67 bits per heavy atom. The van der Waals surface area contributed by atoms with Crippen LogP contribution in [0, 0.1) is 5.82 Å². The molecule has 0 saturated heterocycles. The molecule has 0 aromatic heterocycles. The standard InChI is InChI=1S/C17H14FN3O2S/c18-13-6-1-11(2-7-13)3-10-15(22)21-17(24)20-14-8-4-12(5-9-14)16(19)23/h1-10H,(H2,19,23)(H2,20,21,22,24). The second-order valence-electron chi connectivity index (χ2n) is 4.77. The molecule has 0 radical (unpaired) electrons. The van der Waals surface area contributed by atoms with Crippen LogP contribution in [0.2, 0.25) is 0 Å². The first-order chi connectivity index (χ1) is 11.4. The van der Waals surface area contributed by atoms with E-state index in [2.05, 4.69) is 10.6 Å². The van der Waals surface area contributed by atoms with Gasteiger partial charge in [0.1, 0.15) is 5.82 Å². The molecule has 7 heteroatoms. The molecule has 0 aliphatic carbocycles. The highest BCUT2D eigenvalue weighted by Crippen LogP contribution is 2.09. The van der Waals surface area contributed by atoms with Crippen molar-refractivity contribution in [1.29, 1.82) is 0 Å². The molecule has 2 amide bonds. The van der Waals surface area contributed by atoms with Gasteiger partial charge in [-0.25, -0.2) is 4.39 Å². The van der Waals surface area contributed by atoms with E-state index in [-0.39, 0.29) is 10.9 Å². The number of anilines is 1. The zero-order valence-corrected chi connectivity index (χ0v) is 13.3. The molecule has 0 aliphatic heterocycles. The van der Waals surface area contributed by atoms with Crippen LogP contribution in [-0.4, -0.2) is 16.9 Å². The normalized spacial score (nSPS) is 10.4. The smallest absolute Gasteiger partial charge is 0.250 e. The summed E-state index contributed by atoms with van der Waals surface area (Å²) >= 11 is 5.03. The quantitative estimate of drug-likeness (QED) is 0.588. The van der Waals surface area contributed by atoms with Crippen LogP contribution < -0.4 is 16.4 Å². The molecule has 2 aromatic rings. The fraction of sp³-hybridized carbons (Fsp3) is 0. The van der Waals surface area contributed by atoms with Gasteiger partial charge in [-0.1, -0.05) is 12.1 Å². The molecular formula is C17H14FN3O2S. The third-order valence-corrected chi connectivity index (χ3v) is 3.17. The predicted molar refractivity (Wildman–Crippen MR) is 94.8 cm³/mol. The maximum absolute atomic E-state index is 12.8. The highest BCUT2D eigenvalue weighted by atomic mass is 32.1.